The molecule has 6 heteroatoms. The molecular formula is C17H25N3O3. The van der Waals surface area contributed by atoms with E-state index < -0.39 is 6.04 Å². The summed E-state index contributed by atoms with van der Waals surface area (Å²) in [6, 6.07) is 9.16. The fourth-order valence-corrected chi connectivity index (χ4v) is 2.59. The molecule has 1 fully saturated rings. The van der Waals surface area contributed by atoms with Crippen molar-refractivity contribution in [3.63, 3.8) is 0 Å². The van der Waals surface area contributed by atoms with Crippen molar-refractivity contribution in [2.75, 3.05) is 33.9 Å². The Bertz CT molecular complexity index is 513. The number of amides is 2. The van der Waals surface area contributed by atoms with Crippen LogP contribution in [-0.2, 0) is 20.7 Å². The number of benzene rings is 1. The summed E-state index contributed by atoms with van der Waals surface area (Å²) in [5.74, 6) is -0.237. The van der Waals surface area contributed by atoms with E-state index in [0.717, 1.165) is 12.1 Å². The van der Waals surface area contributed by atoms with Crippen LogP contribution >= 0.6 is 0 Å². The van der Waals surface area contributed by atoms with E-state index in [1.54, 1.807) is 14.1 Å². The van der Waals surface area contributed by atoms with Crippen LogP contribution < -0.4 is 10.6 Å². The fourth-order valence-electron chi connectivity index (χ4n) is 2.59. The van der Waals surface area contributed by atoms with Gasteiger partial charge in [0.2, 0.25) is 11.8 Å². The number of hydrogen-bond donors (Lipinski definition) is 2. The minimum atomic E-state index is -0.551. The number of carbonyl (C=O) groups is 2. The van der Waals surface area contributed by atoms with E-state index in [9.17, 15) is 9.59 Å². The lowest BCUT2D eigenvalue weighted by Gasteiger charge is -2.25. The van der Waals surface area contributed by atoms with E-state index >= 15 is 0 Å². The molecule has 1 aliphatic rings. The van der Waals surface area contributed by atoms with Gasteiger partial charge in [0.05, 0.1) is 13.2 Å². The van der Waals surface area contributed by atoms with Crippen LogP contribution in [0.15, 0.2) is 30.3 Å². The molecule has 0 saturated carbocycles. The molecule has 126 valence electrons. The molecule has 0 radical (unpaired) electrons. The van der Waals surface area contributed by atoms with Gasteiger partial charge >= 0.3 is 0 Å². The van der Waals surface area contributed by atoms with Crippen LogP contribution in [0, 0.1) is 0 Å². The highest BCUT2D eigenvalue weighted by atomic mass is 16.5. The molecule has 1 aliphatic heterocycles. The van der Waals surface area contributed by atoms with Gasteiger partial charge in [-0.1, -0.05) is 30.3 Å². The van der Waals surface area contributed by atoms with Gasteiger partial charge in [0, 0.05) is 39.5 Å². The minimum Gasteiger partial charge on any atom is -0.378 e. The molecule has 0 bridgehead atoms. The van der Waals surface area contributed by atoms with Gasteiger partial charge in [-0.3, -0.25) is 9.59 Å². The number of nitrogens with zero attached hydrogens (tertiary/aromatic N) is 1. The number of morpholine rings is 1. The summed E-state index contributed by atoms with van der Waals surface area (Å²) in [7, 11) is 3.39. The molecule has 0 aromatic heterocycles. The van der Waals surface area contributed by atoms with Gasteiger partial charge < -0.3 is 20.3 Å². The summed E-state index contributed by atoms with van der Waals surface area (Å²) in [5.41, 5.74) is 1.02. The molecule has 1 aromatic carbocycles. The van der Waals surface area contributed by atoms with Gasteiger partial charge in [-0.2, -0.15) is 0 Å². The molecule has 2 unspecified atom stereocenters. The van der Waals surface area contributed by atoms with Crippen LogP contribution in [0.25, 0.3) is 0 Å². The van der Waals surface area contributed by atoms with Gasteiger partial charge in [0.25, 0.3) is 0 Å². The van der Waals surface area contributed by atoms with Crippen molar-refractivity contribution in [3.8, 4) is 0 Å². The summed E-state index contributed by atoms with van der Waals surface area (Å²) < 4.78 is 5.35. The zero-order valence-corrected chi connectivity index (χ0v) is 13.7. The first-order valence-electron chi connectivity index (χ1n) is 7.92. The molecule has 1 saturated heterocycles. The van der Waals surface area contributed by atoms with Gasteiger partial charge in [-0.05, 0) is 5.56 Å². The van der Waals surface area contributed by atoms with Crippen LogP contribution in [0.2, 0.25) is 0 Å². The van der Waals surface area contributed by atoms with Crippen LogP contribution in [0.1, 0.15) is 12.0 Å². The highest BCUT2D eigenvalue weighted by Crippen LogP contribution is 2.06. The molecule has 0 spiro atoms. The van der Waals surface area contributed by atoms with E-state index in [1.165, 1.54) is 4.90 Å². The number of hydrogen-bond acceptors (Lipinski definition) is 4. The molecule has 1 heterocycles. The SMILES string of the molecule is CN(C)C(=O)C(Cc1ccccc1)NC(=O)CC1COCCN1. The van der Waals surface area contributed by atoms with Crippen molar-refractivity contribution in [2.45, 2.75) is 24.9 Å². The standard InChI is InChI=1S/C17H25N3O3/c1-20(2)17(22)15(10-13-6-4-3-5-7-13)19-16(21)11-14-12-23-9-8-18-14/h3-7,14-15,18H,8-12H2,1-2H3,(H,19,21). The average molecular weight is 319 g/mol. The Hall–Kier alpha value is -1.92. The summed E-state index contributed by atoms with van der Waals surface area (Å²) in [4.78, 5) is 26.1. The molecule has 2 N–H and O–H groups in total. The summed E-state index contributed by atoms with van der Waals surface area (Å²) >= 11 is 0. The fraction of sp³-hybridized carbons (Fsp3) is 0.529. The Morgan fingerprint density at radius 3 is 2.70 bits per heavy atom. The predicted octanol–water partition coefficient (Wildman–Crippen LogP) is 0.181. The number of nitrogens with one attached hydrogen (secondary N) is 2. The quantitative estimate of drug-likeness (QED) is 0.785. The number of rotatable bonds is 6. The zero-order valence-electron chi connectivity index (χ0n) is 13.7. The lowest BCUT2D eigenvalue weighted by Crippen LogP contribution is -2.50. The summed E-state index contributed by atoms with van der Waals surface area (Å²) in [5, 5.41) is 6.11. The first-order chi connectivity index (χ1) is 11.1. The predicted molar refractivity (Wildman–Crippen MR) is 88.0 cm³/mol. The Labute approximate surface area is 137 Å². The highest BCUT2D eigenvalue weighted by molar-refractivity contribution is 5.87. The van der Waals surface area contributed by atoms with E-state index in [4.69, 9.17) is 4.74 Å². The zero-order chi connectivity index (χ0) is 16.7. The van der Waals surface area contributed by atoms with Crippen molar-refractivity contribution in [2.24, 2.45) is 0 Å². The van der Waals surface area contributed by atoms with Crippen LogP contribution in [0.5, 0.6) is 0 Å². The van der Waals surface area contributed by atoms with E-state index in [-0.39, 0.29) is 17.9 Å². The Morgan fingerprint density at radius 2 is 2.09 bits per heavy atom. The first kappa shape index (κ1) is 17.4. The largest absolute Gasteiger partial charge is 0.378 e. The number of carbonyl (C=O) groups excluding carboxylic acids is 2. The van der Waals surface area contributed by atoms with E-state index in [2.05, 4.69) is 10.6 Å². The molecule has 1 aromatic rings. The smallest absolute Gasteiger partial charge is 0.244 e. The first-order valence-corrected chi connectivity index (χ1v) is 7.92. The Morgan fingerprint density at radius 1 is 1.35 bits per heavy atom. The second kappa shape index (κ2) is 8.64. The second-order valence-corrected chi connectivity index (χ2v) is 5.97. The lowest BCUT2D eigenvalue weighted by molar-refractivity contribution is -0.134. The third-order valence-electron chi connectivity index (χ3n) is 3.79. The maximum atomic E-state index is 12.3. The minimum absolute atomic E-state index is 0.00980. The van der Waals surface area contributed by atoms with E-state index in [1.807, 2.05) is 30.3 Å². The van der Waals surface area contributed by atoms with Crippen molar-refractivity contribution >= 4 is 11.8 Å². The third-order valence-corrected chi connectivity index (χ3v) is 3.79. The van der Waals surface area contributed by atoms with Gasteiger partial charge in [0.15, 0.2) is 0 Å². The molecule has 23 heavy (non-hydrogen) atoms. The summed E-state index contributed by atoms with van der Waals surface area (Å²) in [6.45, 7) is 1.95. The Kier molecular flexibility index (Phi) is 6.55. The topological polar surface area (TPSA) is 70.7 Å². The number of ether oxygens (including phenoxy) is 1. The van der Waals surface area contributed by atoms with Crippen molar-refractivity contribution in [1.29, 1.82) is 0 Å². The van der Waals surface area contributed by atoms with Crippen molar-refractivity contribution in [3.05, 3.63) is 35.9 Å². The van der Waals surface area contributed by atoms with Crippen molar-refractivity contribution in [1.82, 2.24) is 15.5 Å². The van der Waals surface area contributed by atoms with E-state index in [0.29, 0.717) is 26.1 Å². The second-order valence-electron chi connectivity index (χ2n) is 5.97. The highest BCUT2D eigenvalue weighted by Gasteiger charge is 2.24. The van der Waals surface area contributed by atoms with Crippen LogP contribution in [-0.4, -0.2) is 62.7 Å². The maximum Gasteiger partial charge on any atom is 0.244 e. The molecular weight excluding hydrogens is 294 g/mol. The van der Waals surface area contributed by atoms with Crippen molar-refractivity contribution < 1.29 is 14.3 Å². The lowest BCUT2D eigenvalue weighted by atomic mass is 10.0. The third kappa shape index (κ3) is 5.65. The van der Waals surface area contributed by atoms with Gasteiger partial charge in [-0.15, -0.1) is 0 Å². The van der Waals surface area contributed by atoms with Gasteiger partial charge in [0.1, 0.15) is 6.04 Å². The maximum absolute atomic E-state index is 12.3. The average Bonchev–Trinajstić information content (AvgIpc) is 2.55. The molecule has 2 rings (SSSR count). The van der Waals surface area contributed by atoms with Gasteiger partial charge in [-0.25, -0.2) is 0 Å². The molecule has 0 aliphatic carbocycles. The monoisotopic (exact) mass is 319 g/mol. The normalized spacial score (nSPS) is 19.0. The molecule has 2 atom stereocenters. The Balaban J connectivity index is 1.96. The molecule has 2 amide bonds. The summed E-state index contributed by atoms with van der Waals surface area (Å²) in [6.07, 6.45) is 0.796. The van der Waals surface area contributed by atoms with Crippen LogP contribution in [0.4, 0.5) is 0 Å². The molecule has 6 nitrogen and oxygen atoms in total. The van der Waals surface area contributed by atoms with Crippen LogP contribution in [0.3, 0.4) is 0 Å². The number of likely N-dealkylation sites (N-methyl/N-ethyl adjacent to an activating group) is 1.